The van der Waals surface area contributed by atoms with E-state index < -0.39 is 0 Å². The second-order valence-electron chi connectivity index (χ2n) is 5.78. The van der Waals surface area contributed by atoms with Crippen LogP contribution >= 0.6 is 0 Å². The first kappa shape index (κ1) is 15.5. The topological polar surface area (TPSA) is 32.7 Å². The van der Waals surface area contributed by atoms with Crippen LogP contribution in [0, 0.1) is 0 Å². The zero-order valence-electron chi connectivity index (χ0n) is 12.7. The summed E-state index contributed by atoms with van der Waals surface area (Å²) in [6.45, 7) is 6.70. The maximum Gasteiger partial charge on any atom is 0.0978 e. The van der Waals surface area contributed by atoms with Crippen LogP contribution in [0.5, 0.6) is 0 Å². The fraction of sp³-hybridized carbons (Fsp3) is 0.647. The highest BCUT2D eigenvalue weighted by Gasteiger charge is 2.33. The molecule has 1 heterocycles. The van der Waals surface area contributed by atoms with Gasteiger partial charge in [0.1, 0.15) is 0 Å². The Hall–Kier alpha value is -0.900. The van der Waals surface area contributed by atoms with E-state index in [0.29, 0.717) is 18.7 Å². The number of aliphatic hydroxyl groups is 1. The molecule has 0 aromatic heterocycles. The molecule has 3 atom stereocenters. The van der Waals surface area contributed by atoms with Crippen molar-refractivity contribution in [1.82, 2.24) is 4.90 Å². The Labute approximate surface area is 122 Å². The van der Waals surface area contributed by atoms with Gasteiger partial charge in [-0.05, 0) is 45.2 Å². The van der Waals surface area contributed by atoms with Crippen molar-refractivity contribution in [3.63, 3.8) is 0 Å². The Balaban J connectivity index is 1.96. The van der Waals surface area contributed by atoms with E-state index in [0.717, 1.165) is 32.4 Å². The van der Waals surface area contributed by atoms with Crippen molar-refractivity contribution in [3.05, 3.63) is 35.9 Å². The molecule has 0 amide bonds. The van der Waals surface area contributed by atoms with Gasteiger partial charge in [0.2, 0.25) is 0 Å². The molecule has 1 fully saturated rings. The van der Waals surface area contributed by atoms with E-state index in [1.165, 1.54) is 5.56 Å². The number of ether oxygens (including phenoxy) is 1. The van der Waals surface area contributed by atoms with Gasteiger partial charge in [-0.3, -0.25) is 4.90 Å². The molecule has 0 aliphatic carbocycles. The van der Waals surface area contributed by atoms with Gasteiger partial charge in [-0.25, -0.2) is 0 Å². The largest absolute Gasteiger partial charge is 0.396 e. The van der Waals surface area contributed by atoms with E-state index in [1.807, 2.05) is 6.07 Å². The van der Waals surface area contributed by atoms with Gasteiger partial charge in [-0.2, -0.15) is 0 Å². The summed E-state index contributed by atoms with van der Waals surface area (Å²) < 4.78 is 6.06. The number of aliphatic hydroxyl groups excluding tert-OH is 1. The molecule has 3 heteroatoms. The number of hydrogen-bond donors (Lipinski definition) is 1. The second kappa shape index (κ2) is 7.77. The highest BCUT2D eigenvalue weighted by atomic mass is 16.5. The average molecular weight is 277 g/mol. The lowest BCUT2D eigenvalue weighted by Crippen LogP contribution is -2.51. The van der Waals surface area contributed by atoms with Crippen LogP contribution in [0.25, 0.3) is 0 Å². The van der Waals surface area contributed by atoms with Gasteiger partial charge < -0.3 is 9.84 Å². The quantitative estimate of drug-likeness (QED) is 0.811. The smallest absolute Gasteiger partial charge is 0.0978 e. The van der Waals surface area contributed by atoms with Gasteiger partial charge in [-0.1, -0.05) is 30.3 Å². The van der Waals surface area contributed by atoms with Crippen LogP contribution in [0.1, 0.15) is 44.8 Å². The highest BCUT2D eigenvalue weighted by molar-refractivity contribution is 5.19. The van der Waals surface area contributed by atoms with Gasteiger partial charge in [0.15, 0.2) is 0 Å². The molecule has 0 saturated carbocycles. The lowest BCUT2D eigenvalue weighted by atomic mass is 9.98. The predicted octanol–water partition coefficient (Wildman–Crippen LogP) is 3.00. The molecule has 112 valence electrons. The van der Waals surface area contributed by atoms with Gasteiger partial charge >= 0.3 is 0 Å². The number of benzene rings is 1. The summed E-state index contributed by atoms with van der Waals surface area (Å²) in [6, 6.07) is 11.4. The zero-order valence-corrected chi connectivity index (χ0v) is 12.7. The summed E-state index contributed by atoms with van der Waals surface area (Å²) in [4.78, 5) is 2.55. The van der Waals surface area contributed by atoms with E-state index in [1.54, 1.807) is 0 Å². The SMILES string of the molecule is CC1COC(c2ccccc2)C(C)N1CCCCCO. The number of rotatable bonds is 6. The minimum absolute atomic E-state index is 0.172. The Morgan fingerprint density at radius 3 is 2.60 bits per heavy atom. The minimum Gasteiger partial charge on any atom is -0.396 e. The summed E-state index contributed by atoms with van der Waals surface area (Å²) >= 11 is 0. The normalized spacial score (nSPS) is 27.6. The maximum atomic E-state index is 8.86. The van der Waals surface area contributed by atoms with E-state index in [4.69, 9.17) is 9.84 Å². The molecule has 1 aromatic carbocycles. The molecule has 3 unspecified atom stereocenters. The molecule has 20 heavy (non-hydrogen) atoms. The molecule has 1 N–H and O–H groups in total. The van der Waals surface area contributed by atoms with E-state index in [-0.39, 0.29) is 6.10 Å². The Kier molecular flexibility index (Phi) is 6.02. The molecule has 0 bridgehead atoms. The van der Waals surface area contributed by atoms with Crippen LogP contribution in [0.2, 0.25) is 0 Å². The first-order chi connectivity index (χ1) is 9.74. The molecule has 0 spiro atoms. The molecule has 1 aliphatic heterocycles. The Morgan fingerprint density at radius 2 is 1.90 bits per heavy atom. The van der Waals surface area contributed by atoms with Gasteiger partial charge in [0, 0.05) is 18.7 Å². The van der Waals surface area contributed by atoms with Crippen LogP contribution in [-0.4, -0.2) is 41.8 Å². The average Bonchev–Trinajstić information content (AvgIpc) is 2.47. The van der Waals surface area contributed by atoms with Crippen molar-refractivity contribution in [3.8, 4) is 0 Å². The summed E-state index contributed by atoms with van der Waals surface area (Å²) in [5, 5.41) is 8.86. The molecule has 1 aliphatic rings. The minimum atomic E-state index is 0.172. The van der Waals surface area contributed by atoms with Crippen LogP contribution in [0.4, 0.5) is 0 Å². The lowest BCUT2D eigenvalue weighted by Gasteiger charge is -2.44. The summed E-state index contributed by atoms with van der Waals surface area (Å²) in [7, 11) is 0. The first-order valence-corrected chi connectivity index (χ1v) is 7.77. The van der Waals surface area contributed by atoms with Crippen LogP contribution in [0.15, 0.2) is 30.3 Å². The van der Waals surface area contributed by atoms with Gasteiger partial charge in [0.05, 0.1) is 12.7 Å². The standard InChI is InChI=1S/C17H27NO2/c1-14-13-20-17(16-9-5-3-6-10-16)15(2)18(14)11-7-4-8-12-19/h3,5-6,9-10,14-15,17,19H,4,7-8,11-13H2,1-2H3. The van der Waals surface area contributed by atoms with Crippen LogP contribution < -0.4 is 0 Å². The number of nitrogens with zero attached hydrogens (tertiary/aromatic N) is 1. The van der Waals surface area contributed by atoms with Crippen LogP contribution in [-0.2, 0) is 4.74 Å². The fourth-order valence-electron chi connectivity index (χ4n) is 3.08. The number of hydrogen-bond acceptors (Lipinski definition) is 3. The summed E-state index contributed by atoms with van der Waals surface area (Å²) in [6.07, 6.45) is 3.33. The molecule has 0 radical (unpaired) electrons. The molecule has 2 rings (SSSR count). The third-order valence-corrected chi connectivity index (χ3v) is 4.25. The number of morpholine rings is 1. The second-order valence-corrected chi connectivity index (χ2v) is 5.78. The molecular weight excluding hydrogens is 250 g/mol. The van der Waals surface area contributed by atoms with E-state index in [9.17, 15) is 0 Å². The van der Waals surface area contributed by atoms with Crippen molar-refractivity contribution in [2.75, 3.05) is 19.8 Å². The first-order valence-electron chi connectivity index (χ1n) is 7.77. The Bertz CT molecular complexity index is 382. The van der Waals surface area contributed by atoms with E-state index >= 15 is 0 Å². The van der Waals surface area contributed by atoms with Gasteiger partial charge in [0.25, 0.3) is 0 Å². The van der Waals surface area contributed by atoms with Crippen molar-refractivity contribution in [2.45, 2.75) is 51.3 Å². The van der Waals surface area contributed by atoms with E-state index in [2.05, 4.69) is 43.0 Å². The lowest BCUT2D eigenvalue weighted by molar-refractivity contribution is -0.0960. The molecule has 1 aromatic rings. The maximum absolute atomic E-state index is 8.86. The third-order valence-electron chi connectivity index (χ3n) is 4.25. The van der Waals surface area contributed by atoms with Crippen molar-refractivity contribution < 1.29 is 9.84 Å². The summed E-state index contributed by atoms with van der Waals surface area (Å²) in [5.74, 6) is 0. The molecule has 1 saturated heterocycles. The van der Waals surface area contributed by atoms with Crippen LogP contribution in [0.3, 0.4) is 0 Å². The number of unbranched alkanes of at least 4 members (excludes halogenated alkanes) is 2. The highest BCUT2D eigenvalue weighted by Crippen LogP contribution is 2.30. The zero-order chi connectivity index (χ0) is 14.4. The van der Waals surface area contributed by atoms with Gasteiger partial charge in [-0.15, -0.1) is 0 Å². The third kappa shape index (κ3) is 3.81. The summed E-state index contributed by atoms with van der Waals surface area (Å²) in [5.41, 5.74) is 1.27. The Morgan fingerprint density at radius 1 is 1.15 bits per heavy atom. The molecule has 3 nitrogen and oxygen atoms in total. The van der Waals surface area contributed by atoms with Crippen molar-refractivity contribution >= 4 is 0 Å². The van der Waals surface area contributed by atoms with Crippen molar-refractivity contribution in [2.24, 2.45) is 0 Å². The predicted molar refractivity (Wildman–Crippen MR) is 81.7 cm³/mol. The van der Waals surface area contributed by atoms with Crippen molar-refractivity contribution in [1.29, 1.82) is 0 Å². The fourth-order valence-corrected chi connectivity index (χ4v) is 3.08. The molecular formula is C17H27NO2. The monoisotopic (exact) mass is 277 g/mol.